The molecule has 0 spiro atoms. The van der Waals surface area contributed by atoms with Crippen LogP contribution in [-0.2, 0) is 14.3 Å². The summed E-state index contributed by atoms with van der Waals surface area (Å²) < 4.78 is 33.3. The second-order valence-electron chi connectivity index (χ2n) is 8.67. The highest BCUT2D eigenvalue weighted by Crippen LogP contribution is 2.30. The van der Waals surface area contributed by atoms with Crippen LogP contribution in [0.2, 0.25) is 0 Å². The number of carbonyl (C=O) groups excluding carboxylic acids is 3. The van der Waals surface area contributed by atoms with E-state index in [-0.39, 0.29) is 35.9 Å². The number of rotatable bonds is 4. The van der Waals surface area contributed by atoms with Crippen molar-refractivity contribution < 1.29 is 27.9 Å². The van der Waals surface area contributed by atoms with Crippen LogP contribution in [0.1, 0.15) is 32.8 Å². The van der Waals surface area contributed by atoms with Gasteiger partial charge in [0, 0.05) is 13.0 Å². The Kier molecular flexibility index (Phi) is 6.47. The lowest BCUT2D eigenvalue weighted by molar-refractivity contribution is -0.122. The quantitative estimate of drug-likeness (QED) is 0.719. The monoisotopic (exact) mass is 445 g/mol. The Balaban J connectivity index is 1.74. The fourth-order valence-electron chi connectivity index (χ4n) is 3.32. The van der Waals surface area contributed by atoms with Crippen molar-refractivity contribution >= 4 is 35.0 Å². The summed E-state index contributed by atoms with van der Waals surface area (Å²) in [6.07, 6.45) is -0.889. The Morgan fingerprint density at radius 3 is 2.44 bits per heavy atom. The number of anilines is 3. The lowest BCUT2D eigenvalue weighted by Crippen LogP contribution is -2.29. The van der Waals surface area contributed by atoms with E-state index >= 15 is 0 Å². The maximum Gasteiger partial charge on any atom is 0.412 e. The van der Waals surface area contributed by atoms with E-state index in [1.165, 1.54) is 23.1 Å². The van der Waals surface area contributed by atoms with Crippen molar-refractivity contribution in [1.82, 2.24) is 0 Å². The first-order valence-electron chi connectivity index (χ1n) is 10.1. The fraction of sp³-hybridized carbons (Fsp3) is 0.348. The first-order chi connectivity index (χ1) is 14.9. The van der Waals surface area contributed by atoms with Gasteiger partial charge in [0.25, 0.3) is 0 Å². The SMILES string of the molecule is Cc1ccc(N2CC(C(=O)Nc3cc(F)ccc3NC(=O)OC(C)(C)C)CC2=O)c(F)c1. The van der Waals surface area contributed by atoms with Gasteiger partial charge in [-0.15, -0.1) is 0 Å². The first kappa shape index (κ1) is 23.2. The minimum Gasteiger partial charge on any atom is -0.444 e. The highest BCUT2D eigenvalue weighted by Gasteiger charge is 2.36. The van der Waals surface area contributed by atoms with Crippen molar-refractivity contribution in [2.24, 2.45) is 5.92 Å². The summed E-state index contributed by atoms with van der Waals surface area (Å²) in [6.45, 7) is 6.80. The van der Waals surface area contributed by atoms with E-state index in [0.29, 0.717) is 5.56 Å². The second kappa shape index (κ2) is 8.94. The zero-order valence-corrected chi connectivity index (χ0v) is 18.3. The van der Waals surface area contributed by atoms with Gasteiger partial charge in [-0.25, -0.2) is 13.6 Å². The molecule has 1 heterocycles. The maximum atomic E-state index is 14.3. The summed E-state index contributed by atoms with van der Waals surface area (Å²) in [5.74, 6) is -2.89. The number of carbonyl (C=O) groups is 3. The minimum atomic E-state index is -0.777. The van der Waals surface area contributed by atoms with Gasteiger partial charge in [-0.05, 0) is 63.6 Å². The summed E-state index contributed by atoms with van der Waals surface area (Å²) in [6, 6.07) is 7.97. The normalized spacial score (nSPS) is 16.1. The lowest BCUT2D eigenvalue weighted by atomic mass is 10.1. The molecule has 1 atom stereocenters. The number of ether oxygens (including phenoxy) is 1. The topological polar surface area (TPSA) is 87.7 Å². The molecule has 32 heavy (non-hydrogen) atoms. The minimum absolute atomic E-state index is 0.0191. The van der Waals surface area contributed by atoms with E-state index in [1.54, 1.807) is 33.8 Å². The third-order valence-electron chi connectivity index (χ3n) is 4.76. The predicted octanol–water partition coefficient (Wildman–Crippen LogP) is 4.61. The molecule has 2 N–H and O–H groups in total. The molecule has 0 radical (unpaired) electrons. The van der Waals surface area contributed by atoms with Gasteiger partial charge in [0.05, 0.1) is 23.0 Å². The maximum absolute atomic E-state index is 14.3. The summed E-state index contributed by atoms with van der Waals surface area (Å²) >= 11 is 0. The van der Waals surface area contributed by atoms with Gasteiger partial charge >= 0.3 is 6.09 Å². The number of hydrogen-bond acceptors (Lipinski definition) is 4. The van der Waals surface area contributed by atoms with E-state index in [4.69, 9.17) is 4.74 Å². The Morgan fingerprint density at radius 2 is 1.78 bits per heavy atom. The van der Waals surface area contributed by atoms with E-state index in [9.17, 15) is 23.2 Å². The van der Waals surface area contributed by atoms with Crippen LogP contribution in [0.4, 0.5) is 30.6 Å². The zero-order chi connectivity index (χ0) is 23.6. The molecule has 0 saturated carbocycles. The summed E-state index contributed by atoms with van der Waals surface area (Å²) in [7, 11) is 0. The molecule has 1 saturated heterocycles. The molecule has 3 amide bonds. The van der Waals surface area contributed by atoms with Crippen molar-refractivity contribution in [2.45, 2.75) is 39.7 Å². The van der Waals surface area contributed by atoms with Crippen LogP contribution in [0.3, 0.4) is 0 Å². The molecule has 7 nitrogen and oxygen atoms in total. The van der Waals surface area contributed by atoms with Crippen LogP contribution in [0.25, 0.3) is 0 Å². The molecular formula is C23H25F2N3O4. The van der Waals surface area contributed by atoms with Crippen molar-refractivity contribution in [2.75, 3.05) is 22.1 Å². The molecule has 170 valence electrons. The predicted molar refractivity (Wildman–Crippen MR) is 116 cm³/mol. The van der Waals surface area contributed by atoms with Gasteiger partial charge in [-0.3, -0.25) is 14.9 Å². The number of aryl methyl sites for hydroxylation is 1. The molecule has 0 aliphatic carbocycles. The van der Waals surface area contributed by atoms with Crippen LogP contribution in [-0.4, -0.2) is 30.1 Å². The largest absolute Gasteiger partial charge is 0.444 e. The molecular weight excluding hydrogens is 420 g/mol. The standard InChI is InChI=1S/C23H25F2N3O4/c1-13-5-8-19(16(25)9-13)28-12-14(10-20(28)29)21(30)26-18-11-15(24)6-7-17(18)27-22(31)32-23(2,3)4/h5-9,11,14H,10,12H2,1-4H3,(H,26,30)(H,27,31). The van der Waals surface area contributed by atoms with Gasteiger partial charge in [-0.1, -0.05) is 6.07 Å². The Hall–Kier alpha value is -3.49. The van der Waals surface area contributed by atoms with Crippen molar-refractivity contribution in [3.05, 3.63) is 53.6 Å². The number of nitrogens with zero attached hydrogens (tertiary/aromatic N) is 1. The molecule has 2 aromatic rings. The molecule has 0 aromatic heterocycles. The Bertz CT molecular complexity index is 1070. The highest BCUT2D eigenvalue weighted by atomic mass is 19.1. The second-order valence-corrected chi connectivity index (χ2v) is 8.67. The molecule has 0 bridgehead atoms. The van der Waals surface area contributed by atoms with E-state index < -0.39 is 35.2 Å². The summed E-state index contributed by atoms with van der Waals surface area (Å²) in [4.78, 5) is 38.5. The van der Waals surface area contributed by atoms with Crippen molar-refractivity contribution in [1.29, 1.82) is 0 Å². The average molecular weight is 445 g/mol. The van der Waals surface area contributed by atoms with Crippen LogP contribution in [0.15, 0.2) is 36.4 Å². The molecule has 3 rings (SSSR count). The van der Waals surface area contributed by atoms with Crippen molar-refractivity contribution in [3.8, 4) is 0 Å². The molecule has 2 aromatic carbocycles. The van der Waals surface area contributed by atoms with Crippen LogP contribution >= 0.6 is 0 Å². The highest BCUT2D eigenvalue weighted by molar-refractivity contribution is 6.05. The van der Waals surface area contributed by atoms with Crippen molar-refractivity contribution in [3.63, 3.8) is 0 Å². The zero-order valence-electron chi connectivity index (χ0n) is 18.3. The third-order valence-corrected chi connectivity index (χ3v) is 4.76. The Morgan fingerprint density at radius 1 is 1.06 bits per heavy atom. The summed E-state index contributed by atoms with van der Waals surface area (Å²) in [5, 5.41) is 5.03. The molecule has 9 heteroatoms. The van der Waals surface area contributed by atoms with Crippen LogP contribution in [0, 0.1) is 24.5 Å². The van der Waals surface area contributed by atoms with Crippen LogP contribution in [0.5, 0.6) is 0 Å². The van der Waals surface area contributed by atoms with Gasteiger partial charge in [0.2, 0.25) is 11.8 Å². The lowest BCUT2D eigenvalue weighted by Gasteiger charge is -2.21. The number of nitrogens with one attached hydrogen (secondary N) is 2. The summed E-state index contributed by atoms with van der Waals surface area (Å²) in [5.41, 5.74) is 0.234. The molecule has 1 aliphatic rings. The van der Waals surface area contributed by atoms with E-state index in [2.05, 4.69) is 10.6 Å². The number of benzene rings is 2. The average Bonchev–Trinajstić information content (AvgIpc) is 3.04. The molecule has 1 unspecified atom stereocenters. The van der Waals surface area contributed by atoms with Gasteiger partial charge in [0.15, 0.2) is 0 Å². The molecule has 1 aliphatic heterocycles. The van der Waals surface area contributed by atoms with E-state index in [0.717, 1.165) is 12.1 Å². The smallest absolute Gasteiger partial charge is 0.412 e. The van der Waals surface area contributed by atoms with Gasteiger partial charge in [-0.2, -0.15) is 0 Å². The third kappa shape index (κ3) is 5.60. The van der Waals surface area contributed by atoms with E-state index in [1.807, 2.05) is 0 Å². The fourth-order valence-corrected chi connectivity index (χ4v) is 3.32. The first-order valence-corrected chi connectivity index (χ1v) is 10.1. The van der Waals surface area contributed by atoms with Crippen LogP contribution < -0.4 is 15.5 Å². The van der Waals surface area contributed by atoms with Gasteiger partial charge < -0.3 is 15.0 Å². The number of amides is 3. The van der Waals surface area contributed by atoms with Gasteiger partial charge in [0.1, 0.15) is 17.2 Å². The number of halogens is 2. The molecule has 1 fully saturated rings. The Labute approximate surface area is 184 Å². The number of hydrogen-bond donors (Lipinski definition) is 2.